The van der Waals surface area contributed by atoms with Crippen molar-refractivity contribution in [2.45, 2.75) is 25.8 Å². The number of carbonyl (C=O) groups is 1. The van der Waals surface area contributed by atoms with Gasteiger partial charge in [-0.05, 0) is 50.2 Å². The lowest BCUT2D eigenvalue weighted by Gasteiger charge is -2.35. The predicted octanol–water partition coefficient (Wildman–Crippen LogP) is 1.49. The van der Waals surface area contributed by atoms with E-state index in [2.05, 4.69) is 24.2 Å². The number of hydrogen-bond donors (Lipinski definition) is 2. The van der Waals surface area contributed by atoms with Gasteiger partial charge < -0.3 is 20.7 Å². The second kappa shape index (κ2) is 7.31. The Hall–Kier alpha value is -1.75. The van der Waals surface area contributed by atoms with E-state index in [0.717, 1.165) is 25.3 Å². The van der Waals surface area contributed by atoms with Crippen LogP contribution in [0, 0.1) is 5.92 Å². The van der Waals surface area contributed by atoms with E-state index in [-0.39, 0.29) is 11.9 Å². The van der Waals surface area contributed by atoms with Gasteiger partial charge in [0, 0.05) is 18.3 Å². The molecular weight excluding hydrogens is 266 g/mol. The average Bonchev–Trinajstić information content (AvgIpc) is 2.44. The van der Waals surface area contributed by atoms with Crippen LogP contribution in [0.4, 0.5) is 5.69 Å². The van der Waals surface area contributed by atoms with Gasteiger partial charge in [-0.3, -0.25) is 4.79 Å². The van der Waals surface area contributed by atoms with Crippen LogP contribution in [-0.4, -0.2) is 43.6 Å². The summed E-state index contributed by atoms with van der Waals surface area (Å²) in [5, 5.41) is 3.12. The van der Waals surface area contributed by atoms with E-state index >= 15 is 0 Å². The molecule has 0 aromatic heterocycles. The molecule has 5 heteroatoms. The van der Waals surface area contributed by atoms with Crippen LogP contribution >= 0.6 is 0 Å². The van der Waals surface area contributed by atoms with E-state index in [1.807, 2.05) is 12.1 Å². The number of likely N-dealkylation sites (tertiary alicyclic amines) is 1. The third-order valence-electron chi connectivity index (χ3n) is 3.93. The van der Waals surface area contributed by atoms with Gasteiger partial charge in [0.25, 0.3) is 0 Å². The second-order valence-electron chi connectivity index (χ2n) is 5.87. The van der Waals surface area contributed by atoms with Crippen molar-refractivity contribution in [1.29, 1.82) is 0 Å². The first-order chi connectivity index (χ1) is 10.0. The minimum Gasteiger partial charge on any atom is -0.493 e. The fourth-order valence-corrected chi connectivity index (χ4v) is 2.67. The largest absolute Gasteiger partial charge is 0.493 e. The van der Waals surface area contributed by atoms with Crippen molar-refractivity contribution in [3.63, 3.8) is 0 Å². The molecular formula is C16H25N3O2. The van der Waals surface area contributed by atoms with E-state index in [4.69, 9.17) is 10.5 Å². The molecule has 116 valence electrons. The van der Waals surface area contributed by atoms with Gasteiger partial charge in [-0.15, -0.1) is 0 Å². The quantitative estimate of drug-likeness (QED) is 0.807. The Labute approximate surface area is 126 Å². The number of nitrogens with zero attached hydrogens (tertiary/aromatic N) is 1. The number of carbonyl (C=O) groups excluding carboxylic acids is 1. The average molecular weight is 291 g/mol. The Morgan fingerprint density at radius 1 is 1.43 bits per heavy atom. The maximum Gasteiger partial charge on any atom is 0.223 e. The zero-order valence-electron chi connectivity index (χ0n) is 12.8. The first-order valence-electron chi connectivity index (χ1n) is 7.51. The number of anilines is 1. The van der Waals surface area contributed by atoms with Gasteiger partial charge in [0.2, 0.25) is 5.91 Å². The molecule has 2 atom stereocenters. The Balaban J connectivity index is 1.69. The van der Waals surface area contributed by atoms with Gasteiger partial charge in [-0.2, -0.15) is 0 Å². The monoisotopic (exact) mass is 291 g/mol. The lowest BCUT2D eigenvalue weighted by atomic mass is 9.94. The molecule has 1 aliphatic heterocycles. The van der Waals surface area contributed by atoms with Gasteiger partial charge >= 0.3 is 0 Å². The Bertz CT molecular complexity index is 461. The van der Waals surface area contributed by atoms with E-state index in [1.54, 1.807) is 12.1 Å². The maximum atomic E-state index is 12.0. The fourth-order valence-electron chi connectivity index (χ4n) is 2.67. The van der Waals surface area contributed by atoms with Crippen molar-refractivity contribution in [3.8, 4) is 5.75 Å². The molecule has 5 nitrogen and oxygen atoms in total. The number of benzene rings is 1. The van der Waals surface area contributed by atoms with Gasteiger partial charge in [0.05, 0.1) is 13.0 Å². The van der Waals surface area contributed by atoms with Gasteiger partial charge in [0.15, 0.2) is 0 Å². The first-order valence-corrected chi connectivity index (χ1v) is 7.51. The summed E-state index contributed by atoms with van der Waals surface area (Å²) in [6.07, 6.45) is 1.39. The van der Waals surface area contributed by atoms with Crippen molar-refractivity contribution in [1.82, 2.24) is 10.2 Å². The summed E-state index contributed by atoms with van der Waals surface area (Å²) in [5.41, 5.74) is 6.31. The Kier molecular flexibility index (Phi) is 5.44. The highest BCUT2D eigenvalue weighted by Gasteiger charge is 2.25. The molecule has 0 bridgehead atoms. The summed E-state index contributed by atoms with van der Waals surface area (Å²) >= 11 is 0. The third-order valence-corrected chi connectivity index (χ3v) is 3.93. The molecule has 0 saturated carbocycles. The molecule has 1 aliphatic rings. The minimum absolute atomic E-state index is 0.0619. The van der Waals surface area contributed by atoms with E-state index in [1.165, 1.54) is 0 Å². The topological polar surface area (TPSA) is 67.6 Å². The minimum atomic E-state index is 0.0619. The highest BCUT2D eigenvalue weighted by molar-refractivity contribution is 5.76. The van der Waals surface area contributed by atoms with E-state index in [9.17, 15) is 4.79 Å². The second-order valence-corrected chi connectivity index (χ2v) is 5.87. The summed E-state index contributed by atoms with van der Waals surface area (Å²) < 4.78 is 5.54. The van der Waals surface area contributed by atoms with Crippen molar-refractivity contribution >= 4 is 11.6 Å². The number of rotatable bonds is 5. The summed E-state index contributed by atoms with van der Waals surface area (Å²) in [6.45, 7) is 4.65. The summed E-state index contributed by atoms with van der Waals surface area (Å²) in [7, 11) is 2.12. The molecule has 1 fully saturated rings. The first kappa shape index (κ1) is 15.6. The SMILES string of the molecule is CC1CN(C)CCC1NC(=O)CCOc1ccc(N)cc1. The predicted molar refractivity (Wildman–Crippen MR) is 84.2 cm³/mol. The van der Waals surface area contributed by atoms with Crippen molar-refractivity contribution in [2.75, 3.05) is 32.5 Å². The van der Waals surface area contributed by atoms with Gasteiger partial charge in [0.1, 0.15) is 5.75 Å². The highest BCUT2D eigenvalue weighted by atomic mass is 16.5. The molecule has 1 aromatic carbocycles. The smallest absolute Gasteiger partial charge is 0.223 e. The van der Waals surface area contributed by atoms with Crippen molar-refractivity contribution in [3.05, 3.63) is 24.3 Å². The lowest BCUT2D eigenvalue weighted by Crippen LogP contribution is -2.49. The number of piperidine rings is 1. The van der Waals surface area contributed by atoms with Crippen molar-refractivity contribution < 1.29 is 9.53 Å². The van der Waals surface area contributed by atoms with E-state index < -0.39 is 0 Å². The Morgan fingerprint density at radius 2 is 2.14 bits per heavy atom. The van der Waals surface area contributed by atoms with Crippen LogP contribution < -0.4 is 15.8 Å². The molecule has 1 saturated heterocycles. The van der Waals surface area contributed by atoms with Crippen LogP contribution in [0.3, 0.4) is 0 Å². The fraction of sp³-hybridized carbons (Fsp3) is 0.562. The third kappa shape index (κ3) is 4.93. The molecule has 1 heterocycles. The summed E-state index contributed by atoms with van der Waals surface area (Å²) in [4.78, 5) is 14.3. The molecule has 3 N–H and O–H groups in total. The van der Waals surface area contributed by atoms with Crippen LogP contribution in [0.2, 0.25) is 0 Å². The zero-order chi connectivity index (χ0) is 15.2. The maximum absolute atomic E-state index is 12.0. The number of hydrogen-bond acceptors (Lipinski definition) is 4. The number of nitrogens with one attached hydrogen (secondary N) is 1. The molecule has 0 spiro atoms. The zero-order valence-corrected chi connectivity index (χ0v) is 12.8. The van der Waals surface area contributed by atoms with Crippen LogP contribution in [0.1, 0.15) is 19.8 Å². The molecule has 1 aromatic rings. The van der Waals surface area contributed by atoms with Gasteiger partial charge in [-0.25, -0.2) is 0 Å². The van der Waals surface area contributed by atoms with Crippen LogP contribution in [0.25, 0.3) is 0 Å². The Morgan fingerprint density at radius 3 is 2.81 bits per heavy atom. The molecule has 21 heavy (non-hydrogen) atoms. The number of nitrogens with two attached hydrogens (primary N) is 1. The molecule has 0 radical (unpaired) electrons. The number of nitrogen functional groups attached to an aromatic ring is 1. The molecule has 0 aliphatic carbocycles. The summed E-state index contributed by atoms with van der Waals surface area (Å²) in [6, 6.07) is 7.48. The lowest BCUT2D eigenvalue weighted by molar-refractivity contribution is -0.123. The molecule has 2 unspecified atom stereocenters. The molecule has 1 amide bonds. The van der Waals surface area contributed by atoms with Gasteiger partial charge in [-0.1, -0.05) is 6.92 Å². The normalized spacial score (nSPS) is 22.8. The van der Waals surface area contributed by atoms with Crippen LogP contribution in [0.5, 0.6) is 5.75 Å². The standard InChI is InChI=1S/C16H25N3O2/c1-12-11-19(2)9-7-15(12)18-16(20)8-10-21-14-5-3-13(17)4-6-14/h3-6,12,15H,7-11,17H2,1-2H3,(H,18,20). The van der Waals surface area contributed by atoms with Crippen LogP contribution in [-0.2, 0) is 4.79 Å². The summed E-state index contributed by atoms with van der Waals surface area (Å²) in [5.74, 6) is 1.29. The van der Waals surface area contributed by atoms with Crippen molar-refractivity contribution in [2.24, 2.45) is 5.92 Å². The van der Waals surface area contributed by atoms with Crippen LogP contribution in [0.15, 0.2) is 24.3 Å². The van der Waals surface area contributed by atoms with E-state index in [0.29, 0.717) is 24.6 Å². The highest BCUT2D eigenvalue weighted by Crippen LogP contribution is 2.16. The number of ether oxygens (including phenoxy) is 1. The number of amides is 1. The molecule has 2 rings (SSSR count).